The zero-order valence-corrected chi connectivity index (χ0v) is 9.02. The predicted molar refractivity (Wildman–Crippen MR) is 57.1 cm³/mol. The molecule has 0 aliphatic carbocycles. The van der Waals surface area contributed by atoms with Crippen molar-refractivity contribution in [2.24, 2.45) is 0 Å². The molecule has 76 valence electrons. The van der Waals surface area contributed by atoms with Crippen molar-refractivity contribution in [2.45, 2.75) is 25.8 Å². The van der Waals surface area contributed by atoms with Gasteiger partial charge < -0.3 is 10.2 Å². The fraction of sp³-hybridized carbons (Fsp3) is 0.889. The molecule has 1 aliphatic heterocycles. The minimum Gasteiger partial charge on any atom is -0.339 e. The molecule has 4 heteroatoms. The number of rotatable bonds is 3. The predicted octanol–water partition coefficient (Wildman–Crippen LogP) is 0.517. The SMILES string of the molecule is CCN(C(=O)CS)C1CCNCC1. The topological polar surface area (TPSA) is 32.3 Å². The smallest absolute Gasteiger partial charge is 0.232 e. The summed E-state index contributed by atoms with van der Waals surface area (Å²) in [7, 11) is 0. The van der Waals surface area contributed by atoms with Gasteiger partial charge >= 0.3 is 0 Å². The largest absolute Gasteiger partial charge is 0.339 e. The van der Waals surface area contributed by atoms with Gasteiger partial charge in [0.25, 0.3) is 0 Å². The summed E-state index contributed by atoms with van der Waals surface area (Å²) in [5.74, 6) is 0.496. The molecular formula is C9H18N2OS. The molecule has 0 bridgehead atoms. The van der Waals surface area contributed by atoms with Crippen LogP contribution in [-0.4, -0.2) is 42.2 Å². The van der Waals surface area contributed by atoms with Crippen molar-refractivity contribution < 1.29 is 4.79 Å². The molecule has 0 radical (unpaired) electrons. The van der Waals surface area contributed by atoms with Crippen molar-refractivity contribution in [2.75, 3.05) is 25.4 Å². The standard InChI is InChI=1S/C9H18N2OS/c1-2-11(9(12)7-13)8-3-5-10-6-4-8/h8,10,13H,2-7H2,1H3. The van der Waals surface area contributed by atoms with Crippen LogP contribution in [0, 0.1) is 0 Å². The highest BCUT2D eigenvalue weighted by Gasteiger charge is 2.22. The number of carbonyl (C=O) groups is 1. The average Bonchev–Trinajstić information content (AvgIpc) is 2.20. The van der Waals surface area contributed by atoms with Gasteiger partial charge in [-0.25, -0.2) is 0 Å². The van der Waals surface area contributed by atoms with Gasteiger partial charge in [0.15, 0.2) is 0 Å². The van der Waals surface area contributed by atoms with Crippen LogP contribution in [0.1, 0.15) is 19.8 Å². The highest BCUT2D eigenvalue weighted by molar-refractivity contribution is 7.81. The van der Waals surface area contributed by atoms with E-state index < -0.39 is 0 Å². The highest BCUT2D eigenvalue weighted by atomic mass is 32.1. The second-order valence-corrected chi connectivity index (χ2v) is 3.64. The Labute approximate surface area is 85.3 Å². The summed E-state index contributed by atoms with van der Waals surface area (Å²) < 4.78 is 0. The summed E-state index contributed by atoms with van der Waals surface area (Å²) in [6, 6.07) is 0.436. The van der Waals surface area contributed by atoms with E-state index in [-0.39, 0.29) is 5.91 Å². The Morgan fingerprint density at radius 3 is 2.62 bits per heavy atom. The zero-order chi connectivity index (χ0) is 9.68. The van der Waals surface area contributed by atoms with Crippen LogP contribution in [0.25, 0.3) is 0 Å². The van der Waals surface area contributed by atoms with E-state index in [1.54, 1.807) is 0 Å². The minimum atomic E-state index is 0.165. The molecule has 0 aromatic carbocycles. The van der Waals surface area contributed by atoms with Crippen LogP contribution in [0.4, 0.5) is 0 Å². The molecule has 0 aromatic rings. The van der Waals surface area contributed by atoms with Gasteiger partial charge in [-0.1, -0.05) is 0 Å². The first-order valence-corrected chi connectivity index (χ1v) is 5.54. The van der Waals surface area contributed by atoms with Gasteiger partial charge in [-0.2, -0.15) is 12.6 Å². The van der Waals surface area contributed by atoms with Crippen molar-refractivity contribution in [3.05, 3.63) is 0 Å². The van der Waals surface area contributed by atoms with E-state index in [4.69, 9.17) is 0 Å². The summed E-state index contributed by atoms with van der Waals surface area (Å²) in [4.78, 5) is 13.4. The molecule has 1 N–H and O–H groups in total. The molecule has 0 saturated carbocycles. The van der Waals surface area contributed by atoms with Crippen molar-refractivity contribution in [3.63, 3.8) is 0 Å². The number of amides is 1. The Bertz CT molecular complexity index is 169. The summed E-state index contributed by atoms with van der Waals surface area (Å²) in [5, 5.41) is 3.29. The number of nitrogens with zero attached hydrogens (tertiary/aromatic N) is 1. The lowest BCUT2D eigenvalue weighted by Gasteiger charge is -2.33. The molecular weight excluding hydrogens is 184 g/mol. The van der Waals surface area contributed by atoms with Gasteiger partial charge in [-0.3, -0.25) is 4.79 Å². The second-order valence-electron chi connectivity index (χ2n) is 3.32. The lowest BCUT2D eigenvalue weighted by Crippen LogP contribution is -2.46. The monoisotopic (exact) mass is 202 g/mol. The first-order valence-electron chi connectivity index (χ1n) is 4.90. The van der Waals surface area contributed by atoms with E-state index >= 15 is 0 Å². The fourth-order valence-electron chi connectivity index (χ4n) is 1.85. The van der Waals surface area contributed by atoms with E-state index in [1.165, 1.54) is 0 Å². The Morgan fingerprint density at radius 2 is 2.15 bits per heavy atom. The molecule has 1 aliphatic rings. The first-order chi connectivity index (χ1) is 6.29. The number of nitrogens with one attached hydrogen (secondary N) is 1. The van der Waals surface area contributed by atoms with Crippen molar-refractivity contribution >= 4 is 18.5 Å². The molecule has 1 fully saturated rings. The molecule has 0 aromatic heterocycles. The number of piperidine rings is 1. The molecule has 3 nitrogen and oxygen atoms in total. The molecule has 0 spiro atoms. The van der Waals surface area contributed by atoms with E-state index in [1.807, 2.05) is 11.8 Å². The van der Waals surface area contributed by atoms with Gasteiger partial charge in [0.1, 0.15) is 0 Å². The fourth-order valence-corrected chi connectivity index (χ4v) is 2.03. The van der Waals surface area contributed by atoms with Gasteiger partial charge in [0.05, 0.1) is 5.75 Å². The molecule has 0 atom stereocenters. The maximum atomic E-state index is 11.5. The van der Waals surface area contributed by atoms with Crippen LogP contribution in [0.2, 0.25) is 0 Å². The molecule has 1 rings (SSSR count). The Balaban J connectivity index is 2.48. The molecule has 1 heterocycles. The molecule has 1 saturated heterocycles. The summed E-state index contributed by atoms with van der Waals surface area (Å²) in [6.07, 6.45) is 2.15. The molecule has 1 amide bonds. The maximum absolute atomic E-state index is 11.5. The van der Waals surface area contributed by atoms with E-state index in [0.29, 0.717) is 11.8 Å². The molecule has 0 unspecified atom stereocenters. The van der Waals surface area contributed by atoms with Crippen LogP contribution in [-0.2, 0) is 4.79 Å². The van der Waals surface area contributed by atoms with Crippen LogP contribution in [0.5, 0.6) is 0 Å². The summed E-state index contributed by atoms with van der Waals surface area (Å²) in [5.41, 5.74) is 0. The minimum absolute atomic E-state index is 0.165. The van der Waals surface area contributed by atoms with Gasteiger partial charge in [0.2, 0.25) is 5.91 Å². The molecule has 13 heavy (non-hydrogen) atoms. The van der Waals surface area contributed by atoms with E-state index in [2.05, 4.69) is 17.9 Å². The quantitative estimate of drug-likeness (QED) is 0.654. The highest BCUT2D eigenvalue weighted by Crippen LogP contribution is 2.11. The van der Waals surface area contributed by atoms with E-state index in [9.17, 15) is 4.79 Å². The van der Waals surface area contributed by atoms with Crippen LogP contribution >= 0.6 is 12.6 Å². The number of carbonyl (C=O) groups excluding carboxylic acids is 1. The van der Waals surface area contributed by atoms with Crippen LogP contribution < -0.4 is 5.32 Å². The van der Waals surface area contributed by atoms with Crippen molar-refractivity contribution in [3.8, 4) is 0 Å². The first kappa shape index (κ1) is 10.9. The third-order valence-corrected chi connectivity index (χ3v) is 2.82. The summed E-state index contributed by atoms with van der Waals surface area (Å²) >= 11 is 4.02. The van der Waals surface area contributed by atoms with Crippen LogP contribution in [0.15, 0.2) is 0 Å². The Kier molecular flexibility index (Phi) is 4.59. The van der Waals surface area contributed by atoms with E-state index in [0.717, 1.165) is 32.5 Å². The van der Waals surface area contributed by atoms with Gasteiger partial charge in [-0.15, -0.1) is 0 Å². The van der Waals surface area contributed by atoms with Crippen molar-refractivity contribution in [1.29, 1.82) is 0 Å². The average molecular weight is 202 g/mol. The number of thiol groups is 1. The maximum Gasteiger partial charge on any atom is 0.232 e. The van der Waals surface area contributed by atoms with Crippen molar-refractivity contribution in [1.82, 2.24) is 10.2 Å². The zero-order valence-electron chi connectivity index (χ0n) is 8.12. The Morgan fingerprint density at radius 1 is 1.54 bits per heavy atom. The normalized spacial score (nSPS) is 18.6. The van der Waals surface area contributed by atoms with Crippen LogP contribution in [0.3, 0.4) is 0 Å². The Hall–Kier alpha value is -0.220. The lowest BCUT2D eigenvalue weighted by molar-refractivity contribution is -0.130. The number of hydrogen-bond acceptors (Lipinski definition) is 3. The second kappa shape index (κ2) is 5.50. The lowest BCUT2D eigenvalue weighted by atomic mass is 10.0. The number of hydrogen-bond donors (Lipinski definition) is 2. The third kappa shape index (κ3) is 2.88. The summed E-state index contributed by atoms with van der Waals surface area (Å²) in [6.45, 7) is 4.90. The van der Waals surface area contributed by atoms with Gasteiger partial charge in [-0.05, 0) is 32.9 Å². The third-order valence-electron chi connectivity index (χ3n) is 2.55. The van der Waals surface area contributed by atoms with Gasteiger partial charge in [0, 0.05) is 12.6 Å².